The Bertz CT molecular complexity index is 839. The fraction of sp³-hybridized carbons (Fsp3) is 0.158. The van der Waals surface area contributed by atoms with Crippen LogP contribution in [0.5, 0.6) is 11.5 Å². The maximum atomic E-state index is 11.9. The molecule has 0 aliphatic carbocycles. The molecular formula is C19H15Cl2NO4. The third kappa shape index (κ3) is 5.41. The molecule has 2 aromatic carbocycles. The van der Waals surface area contributed by atoms with Crippen LogP contribution in [0.25, 0.3) is 6.08 Å². The molecule has 0 radical (unpaired) electrons. The lowest BCUT2D eigenvalue weighted by atomic mass is 10.2. The molecule has 0 saturated heterocycles. The number of hydrogen-bond donors (Lipinski definition) is 0. The van der Waals surface area contributed by atoms with E-state index in [0.29, 0.717) is 32.7 Å². The third-order valence-corrected chi connectivity index (χ3v) is 4.02. The minimum atomic E-state index is -0.537. The van der Waals surface area contributed by atoms with E-state index in [1.54, 1.807) is 42.5 Å². The van der Waals surface area contributed by atoms with Crippen LogP contribution in [0.1, 0.15) is 11.1 Å². The van der Waals surface area contributed by atoms with Gasteiger partial charge >= 0.3 is 5.97 Å². The van der Waals surface area contributed by atoms with E-state index in [2.05, 4.69) is 0 Å². The lowest BCUT2D eigenvalue weighted by Crippen LogP contribution is -2.02. The van der Waals surface area contributed by atoms with Crippen LogP contribution in [-0.2, 0) is 16.1 Å². The first-order chi connectivity index (χ1) is 12.5. The van der Waals surface area contributed by atoms with E-state index in [1.165, 1.54) is 13.2 Å². The Labute approximate surface area is 161 Å². The second kappa shape index (κ2) is 9.71. The van der Waals surface area contributed by atoms with Gasteiger partial charge in [-0.2, -0.15) is 5.26 Å². The fourth-order valence-electron chi connectivity index (χ4n) is 2.04. The standard InChI is InChI=1S/C19H15Cl2NO4/c1-24-18-11-13(5-7-17(18)25-10-9-22)6-8-19(23)26-12-14-15(20)3-2-4-16(14)21/h2-8,11H,10,12H2,1H3/b8-6+. The highest BCUT2D eigenvalue weighted by atomic mass is 35.5. The Morgan fingerprint density at radius 1 is 1.19 bits per heavy atom. The molecule has 0 atom stereocenters. The SMILES string of the molecule is COc1cc(/C=C/C(=O)OCc2c(Cl)cccc2Cl)ccc1OCC#N. The van der Waals surface area contributed by atoms with Gasteiger partial charge in [-0.3, -0.25) is 0 Å². The number of benzene rings is 2. The summed E-state index contributed by atoms with van der Waals surface area (Å²) < 4.78 is 15.6. The van der Waals surface area contributed by atoms with E-state index in [4.69, 9.17) is 42.7 Å². The smallest absolute Gasteiger partial charge is 0.331 e. The number of hydrogen-bond acceptors (Lipinski definition) is 5. The number of halogens is 2. The first kappa shape index (κ1) is 19.6. The number of carbonyl (C=O) groups is 1. The zero-order valence-electron chi connectivity index (χ0n) is 13.9. The summed E-state index contributed by atoms with van der Waals surface area (Å²) in [6.45, 7) is -0.103. The van der Waals surface area contributed by atoms with Gasteiger partial charge < -0.3 is 14.2 Å². The molecule has 2 aromatic rings. The van der Waals surface area contributed by atoms with Gasteiger partial charge in [0.2, 0.25) is 0 Å². The summed E-state index contributed by atoms with van der Waals surface area (Å²) in [6, 6.07) is 12.0. The predicted molar refractivity (Wildman–Crippen MR) is 99.4 cm³/mol. The van der Waals surface area contributed by atoms with E-state index in [-0.39, 0.29) is 13.2 Å². The highest BCUT2D eigenvalue weighted by Gasteiger charge is 2.08. The van der Waals surface area contributed by atoms with Crippen molar-refractivity contribution in [2.75, 3.05) is 13.7 Å². The molecule has 5 nitrogen and oxygen atoms in total. The largest absolute Gasteiger partial charge is 0.493 e. The monoisotopic (exact) mass is 391 g/mol. The van der Waals surface area contributed by atoms with Crippen molar-refractivity contribution in [3.8, 4) is 17.6 Å². The van der Waals surface area contributed by atoms with Gasteiger partial charge in [-0.25, -0.2) is 4.79 Å². The molecule has 0 aliphatic heterocycles. The average Bonchev–Trinajstić information content (AvgIpc) is 2.64. The summed E-state index contributed by atoms with van der Waals surface area (Å²) in [5, 5.41) is 9.44. The van der Waals surface area contributed by atoms with Crippen molar-refractivity contribution in [3.63, 3.8) is 0 Å². The predicted octanol–water partition coefficient (Wildman–Crippen LogP) is 4.66. The van der Waals surface area contributed by atoms with E-state index in [0.717, 1.165) is 0 Å². The Balaban J connectivity index is 2.00. The van der Waals surface area contributed by atoms with E-state index < -0.39 is 5.97 Å². The van der Waals surface area contributed by atoms with Crippen molar-refractivity contribution in [3.05, 3.63) is 63.6 Å². The molecule has 7 heteroatoms. The van der Waals surface area contributed by atoms with Crippen LogP contribution in [0.15, 0.2) is 42.5 Å². The zero-order valence-corrected chi connectivity index (χ0v) is 15.4. The van der Waals surface area contributed by atoms with Crippen molar-refractivity contribution < 1.29 is 19.0 Å². The van der Waals surface area contributed by atoms with Crippen LogP contribution in [0.2, 0.25) is 10.0 Å². The van der Waals surface area contributed by atoms with Gasteiger partial charge in [0, 0.05) is 21.7 Å². The van der Waals surface area contributed by atoms with Crippen molar-refractivity contribution in [1.29, 1.82) is 5.26 Å². The number of rotatable bonds is 7. The highest BCUT2D eigenvalue weighted by Crippen LogP contribution is 2.28. The molecule has 0 unspecified atom stereocenters. The molecule has 134 valence electrons. The quantitative estimate of drug-likeness (QED) is 0.506. The Morgan fingerprint density at radius 3 is 2.58 bits per heavy atom. The molecule has 0 spiro atoms. The Morgan fingerprint density at radius 2 is 1.92 bits per heavy atom. The molecule has 2 rings (SSSR count). The summed E-state index contributed by atoms with van der Waals surface area (Å²) >= 11 is 12.1. The van der Waals surface area contributed by atoms with Gasteiger partial charge in [-0.15, -0.1) is 0 Å². The number of nitrogens with zero attached hydrogens (tertiary/aromatic N) is 1. The number of carbonyl (C=O) groups excluding carboxylic acids is 1. The van der Waals surface area contributed by atoms with Gasteiger partial charge in [0.25, 0.3) is 0 Å². The summed E-state index contributed by atoms with van der Waals surface area (Å²) in [4.78, 5) is 11.9. The molecule has 0 amide bonds. The molecule has 0 N–H and O–H groups in total. The lowest BCUT2D eigenvalue weighted by Gasteiger charge is -2.09. The molecule has 0 aliphatic rings. The average molecular weight is 392 g/mol. The topological polar surface area (TPSA) is 68.6 Å². The van der Waals surface area contributed by atoms with Crippen LogP contribution in [0.4, 0.5) is 0 Å². The first-order valence-electron chi connectivity index (χ1n) is 7.50. The first-order valence-corrected chi connectivity index (χ1v) is 8.26. The van der Waals surface area contributed by atoms with Crippen molar-refractivity contribution in [2.24, 2.45) is 0 Å². The summed E-state index contributed by atoms with van der Waals surface area (Å²) in [6.07, 6.45) is 2.86. The van der Waals surface area contributed by atoms with Crippen molar-refractivity contribution in [2.45, 2.75) is 6.61 Å². The van der Waals surface area contributed by atoms with E-state index in [9.17, 15) is 4.79 Å². The molecule has 0 heterocycles. The molecule has 0 bridgehead atoms. The minimum Gasteiger partial charge on any atom is -0.493 e. The second-order valence-electron chi connectivity index (χ2n) is 5.00. The third-order valence-electron chi connectivity index (χ3n) is 3.31. The van der Waals surface area contributed by atoms with E-state index in [1.807, 2.05) is 6.07 Å². The van der Waals surface area contributed by atoms with Gasteiger partial charge in [0.1, 0.15) is 12.7 Å². The normalized spacial score (nSPS) is 10.4. The number of ether oxygens (including phenoxy) is 3. The van der Waals surface area contributed by atoms with Gasteiger partial charge in [0.05, 0.1) is 7.11 Å². The maximum absolute atomic E-state index is 11.9. The summed E-state index contributed by atoms with van der Waals surface area (Å²) in [5.41, 5.74) is 1.26. The Hall–Kier alpha value is -2.68. The second-order valence-corrected chi connectivity index (χ2v) is 5.81. The van der Waals surface area contributed by atoms with Crippen LogP contribution in [0.3, 0.4) is 0 Å². The van der Waals surface area contributed by atoms with E-state index >= 15 is 0 Å². The molecule has 0 saturated carbocycles. The van der Waals surface area contributed by atoms with Crippen LogP contribution < -0.4 is 9.47 Å². The number of nitriles is 1. The van der Waals surface area contributed by atoms with Crippen LogP contribution in [0, 0.1) is 11.3 Å². The lowest BCUT2D eigenvalue weighted by molar-refractivity contribution is -0.138. The summed E-state index contributed by atoms with van der Waals surface area (Å²) in [5.74, 6) is 0.366. The molecule has 0 fully saturated rings. The minimum absolute atomic E-state index is 0.0219. The maximum Gasteiger partial charge on any atom is 0.331 e. The molecule has 0 aromatic heterocycles. The zero-order chi connectivity index (χ0) is 18.9. The fourth-order valence-corrected chi connectivity index (χ4v) is 2.55. The van der Waals surface area contributed by atoms with Gasteiger partial charge in [0.15, 0.2) is 18.1 Å². The Kier molecular flexibility index (Phi) is 7.34. The number of esters is 1. The van der Waals surface area contributed by atoms with Crippen molar-refractivity contribution in [1.82, 2.24) is 0 Å². The number of methoxy groups -OCH3 is 1. The highest BCUT2D eigenvalue weighted by molar-refractivity contribution is 6.35. The molecular weight excluding hydrogens is 377 g/mol. The molecule has 26 heavy (non-hydrogen) atoms. The van der Waals surface area contributed by atoms with Crippen LogP contribution in [-0.4, -0.2) is 19.7 Å². The van der Waals surface area contributed by atoms with Gasteiger partial charge in [-0.1, -0.05) is 35.3 Å². The van der Waals surface area contributed by atoms with Gasteiger partial charge in [-0.05, 0) is 35.9 Å². The van der Waals surface area contributed by atoms with Crippen LogP contribution >= 0.6 is 23.2 Å². The van der Waals surface area contributed by atoms with Crippen molar-refractivity contribution >= 4 is 35.2 Å². The summed E-state index contributed by atoms with van der Waals surface area (Å²) in [7, 11) is 1.49.